The summed E-state index contributed by atoms with van der Waals surface area (Å²) in [5.41, 5.74) is 0.811. The lowest BCUT2D eigenvalue weighted by Crippen LogP contribution is -2.40. The molecule has 1 fully saturated rings. The van der Waals surface area contributed by atoms with Crippen LogP contribution >= 0.6 is 11.6 Å². The summed E-state index contributed by atoms with van der Waals surface area (Å²) in [4.78, 5) is 28.4. The quantitative estimate of drug-likeness (QED) is 0.834. The molecule has 1 aliphatic heterocycles. The zero-order valence-electron chi connectivity index (χ0n) is 10.2. The highest BCUT2D eigenvalue weighted by molar-refractivity contribution is 6.33. The van der Waals surface area contributed by atoms with Crippen LogP contribution in [0.2, 0.25) is 5.02 Å². The molecule has 7 heteroatoms. The number of likely N-dealkylation sites (tertiary alicyclic amines) is 1. The molecule has 0 saturated carbocycles. The molecule has 2 heterocycles. The van der Waals surface area contributed by atoms with Crippen LogP contribution in [0.1, 0.15) is 22.5 Å². The second-order valence-electron chi connectivity index (χ2n) is 4.51. The Labute approximate surface area is 114 Å². The summed E-state index contributed by atoms with van der Waals surface area (Å²) in [5, 5.41) is 18.8. The lowest BCUT2D eigenvalue weighted by Gasteiger charge is -2.21. The molecule has 19 heavy (non-hydrogen) atoms. The summed E-state index contributed by atoms with van der Waals surface area (Å²) in [5.74, 6) is -1.66. The minimum atomic E-state index is -1.14. The molecule has 0 aliphatic carbocycles. The van der Waals surface area contributed by atoms with E-state index in [2.05, 4.69) is 4.98 Å². The van der Waals surface area contributed by atoms with Crippen LogP contribution in [0.3, 0.4) is 0 Å². The average molecular weight is 285 g/mol. The van der Waals surface area contributed by atoms with Crippen molar-refractivity contribution in [2.24, 2.45) is 0 Å². The van der Waals surface area contributed by atoms with E-state index in [4.69, 9.17) is 16.7 Å². The number of aliphatic carboxylic acids is 1. The molecule has 2 atom stereocenters. The van der Waals surface area contributed by atoms with Gasteiger partial charge in [-0.1, -0.05) is 11.6 Å². The summed E-state index contributed by atoms with van der Waals surface area (Å²) in [6.45, 7) is 1.72. The van der Waals surface area contributed by atoms with Gasteiger partial charge >= 0.3 is 5.97 Å². The molecule has 0 aromatic carbocycles. The third-order valence-corrected chi connectivity index (χ3v) is 3.36. The van der Waals surface area contributed by atoms with Gasteiger partial charge in [-0.05, 0) is 13.0 Å². The third-order valence-electron chi connectivity index (χ3n) is 3.05. The van der Waals surface area contributed by atoms with Crippen LogP contribution in [0, 0.1) is 6.92 Å². The van der Waals surface area contributed by atoms with Crippen molar-refractivity contribution in [1.29, 1.82) is 0 Å². The second-order valence-corrected chi connectivity index (χ2v) is 4.91. The third kappa shape index (κ3) is 2.69. The summed E-state index contributed by atoms with van der Waals surface area (Å²) < 4.78 is 0. The molecule has 0 bridgehead atoms. The van der Waals surface area contributed by atoms with Gasteiger partial charge in [-0.2, -0.15) is 0 Å². The minimum Gasteiger partial charge on any atom is -0.480 e. The van der Waals surface area contributed by atoms with Crippen molar-refractivity contribution in [1.82, 2.24) is 9.88 Å². The highest BCUT2D eigenvalue weighted by atomic mass is 35.5. The number of aromatic nitrogens is 1. The number of aliphatic hydroxyl groups excluding tert-OH is 1. The molecule has 2 N–H and O–H groups in total. The number of halogens is 1. The Morgan fingerprint density at radius 2 is 2.21 bits per heavy atom. The Morgan fingerprint density at radius 3 is 2.79 bits per heavy atom. The maximum Gasteiger partial charge on any atom is 0.326 e. The maximum atomic E-state index is 12.3. The van der Waals surface area contributed by atoms with E-state index in [9.17, 15) is 14.7 Å². The van der Waals surface area contributed by atoms with E-state index < -0.39 is 24.0 Å². The van der Waals surface area contributed by atoms with Crippen molar-refractivity contribution in [3.05, 3.63) is 28.5 Å². The Kier molecular flexibility index (Phi) is 3.73. The predicted molar refractivity (Wildman–Crippen MR) is 67.1 cm³/mol. The van der Waals surface area contributed by atoms with Crippen molar-refractivity contribution in [3.8, 4) is 0 Å². The summed E-state index contributed by atoms with van der Waals surface area (Å²) in [6, 6.07) is 0.511. The molecule has 0 unspecified atom stereocenters. The van der Waals surface area contributed by atoms with Gasteiger partial charge in [-0.25, -0.2) is 4.79 Å². The van der Waals surface area contributed by atoms with Gasteiger partial charge in [0.05, 0.1) is 16.7 Å². The van der Waals surface area contributed by atoms with Gasteiger partial charge in [-0.3, -0.25) is 9.78 Å². The molecule has 1 amide bonds. The standard InChI is InChI=1S/C12H13ClN2O4/c1-6-2-9(13)8(4-14-6)11(17)15-5-7(16)3-10(15)12(18)19/h2,4,7,10,16H,3,5H2,1H3,(H,18,19)/t7-,10+/m1/s1. The van der Waals surface area contributed by atoms with E-state index in [0.717, 1.165) is 4.90 Å². The Hall–Kier alpha value is -1.66. The maximum absolute atomic E-state index is 12.3. The highest BCUT2D eigenvalue weighted by Crippen LogP contribution is 2.24. The van der Waals surface area contributed by atoms with E-state index in [1.54, 1.807) is 6.92 Å². The molecule has 102 valence electrons. The molecule has 6 nitrogen and oxygen atoms in total. The lowest BCUT2D eigenvalue weighted by molar-refractivity contribution is -0.141. The average Bonchev–Trinajstić information content (AvgIpc) is 2.70. The van der Waals surface area contributed by atoms with Crippen LogP contribution < -0.4 is 0 Å². The van der Waals surface area contributed by atoms with E-state index in [-0.39, 0.29) is 23.6 Å². The number of hydrogen-bond acceptors (Lipinski definition) is 4. The Bertz CT molecular complexity index is 534. The summed E-state index contributed by atoms with van der Waals surface area (Å²) >= 11 is 5.97. The molecule has 1 saturated heterocycles. The van der Waals surface area contributed by atoms with E-state index in [1.165, 1.54) is 12.3 Å². The Morgan fingerprint density at radius 1 is 1.53 bits per heavy atom. The Balaban J connectivity index is 2.30. The normalized spacial score (nSPS) is 22.6. The summed E-state index contributed by atoms with van der Waals surface area (Å²) in [7, 11) is 0. The number of nitrogens with zero attached hydrogens (tertiary/aromatic N) is 2. The van der Waals surface area contributed by atoms with Crippen LogP contribution in [0.5, 0.6) is 0 Å². The number of amides is 1. The molecule has 1 aliphatic rings. The first-order chi connectivity index (χ1) is 8.90. The van der Waals surface area contributed by atoms with Gasteiger partial charge in [-0.15, -0.1) is 0 Å². The van der Waals surface area contributed by atoms with Crippen LogP contribution in [-0.2, 0) is 4.79 Å². The highest BCUT2D eigenvalue weighted by Gasteiger charge is 2.39. The number of carbonyl (C=O) groups excluding carboxylic acids is 1. The number of pyridine rings is 1. The van der Waals surface area contributed by atoms with E-state index in [1.807, 2.05) is 0 Å². The monoisotopic (exact) mass is 284 g/mol. The molecule has 0 radical (unpaired) electrons. The number of aliphatic hydroxyl groups is 1. The number of carboxylic acids is 1. The van der Waals surface area contributed by atoms with Gasteiger partial charge in [0.15, 0.2) is 0 Å². The number of β-amino-alcohol motifs (C(OH)–C–C–N with tert-alkyl or cyclic N) is 1. The number of carbonyl (C=O) groups is 2. The zero-order chi connectivity index (χ0) is 14.2. The fourth-order valence-corrected chi connectivity index (χ4v) is 2.40. The first-order valence-electron chi connectivity index (χ1n) is 5.74. The first kappa shape index (κ1) is 13.8. The van der Waals surface area contributed by atoms with Gasteiger partial charge in [0, 0.05) is 24.9 Å². The van der Waals surface area contributed by atoms with Crippen LogP contribution in [0.25, 0.3) is 0 Å². The molecule has 2 rings (SSSR count). The number of aryl methyl sites for hydroxylation is 1. The van der Waals surface area contributed by atoms with Crippen molar-refractivity contribution in [2.45, 2.75) is 25.5 Å². The minimum absolute atomic E-state index is 0.0139. The zero-order valence-corrected chi connectivity index (χ0v) is 11.0. The van der Waals surface area contributed by atoms with Crippen LogP contribution in [-0.4, -0.2) is 50.7 Å². The van der Waals surface area contributed by atoms with E-state index in [0.29, 0.717) is 5.69 Å². The predicted octanol–water partition coefficient (Wildman–Crippen LogP) is 0.703. The van der Waals surface area contributed by atoms with Gasteiger partial charge in [0.25, 0.3) is 5.91 Å². The topological polar surface area (TPSA) is 90.7 Å². The van der Waals surface area contributed by atoms with Crippen molar-refractivity contribution in [2.75, 3.05) is 6.54 Å². The fourth-order valence-electron chi connectivity index (χ4n) is 2.11. The van der Waals surface area contributed by atoms with Gasteiger partial charge in [0.2, 0.25) is 0 Å². The lowest BCUT2D eigenvalue weighted by atomic mass is 10.2. The molecule has 0 spiro atoms. The molecule has 1 aromatic heterocycles. The molecule has 1 aromatic rings. The smallest absolute Gasteiger partial charge is 0.326 e. The van der Waals surface area contributed by atoms with Crippen molar-refractivity contribution >= 4 is 23.5 Å². The number of carboxylic acid groups (broad SMARTS) is 1. The number of rotatable bonds is 2. The van der Waals surface area contributed by atoms with Gasteiger partial charge < -0.3 is 15.1 Å². The first-order valence-corrected chi connectivity index (χ1v) is 6.12. The van der Waals surface area contributed by atoms with Crippen molar-refractivity contribution < 1.29 is 19.8 Å². The van der Waals surface area contributed by atoms with Gasteiger partial charge in [0.1, 0.15) is 6.04 Å². The number of hydrogen-bond donors (Lipinski definition) is 2. The summed E-state index contributed by atoms with van der Waals surface area (Å²) in [6.07, 6.45) is 0.518. The van der Waals surface area contributed by atoms with Crippen molar-refractivity contribution in [3.63, 3.8) is 0 Å². The van der Waals surface area contributed by atoms with Crippen LogP contribution in [0.15, 0.2) is 12.3 Å². The fraction of sp³-hybridized carbons (Fsp3) is 0.417. The molecular formula is C12H13ClN2O4. The molecular weight excluding hydrogens is 272 g/mol. The van der Waals surface area contributed by atoms with E-state index >= 15 is 0 Å². The largest absolute Gasteiger partial charge is 0.480 e. The second kappa shape index (κ2) is 5.14. The van der Waals surface area contributed by atoms with Crippen LogP contribution in [0.4, 0.5) is 0 Å². The SMILES string of the molecule is Cc1cc(Cl)c(C(=O)N2C[C@H](O)C[C@H]2C(=O)O)cn1.